The lowest BCUT2D eigenvalue weighted by molar-refractivity contribution is -0.0566. The maximum Gasteiger partial charge on any atom is 0.191 e. The van der Waals surface area contributed by atoms with Gasteiger partial charge in [0.1, 0.15) is 0 Å². The number of halogens is 1. The first-order valence-electron chi connectivity index (χ1n) is 11.9. The topological polar surface area (TPSA) is 78.4 Å². The first kappa shape index (κ1) is 27.3. The summed E-state index contributed by atoms with van der Waals surface area (Å²) in [4.78, 5) is 7.10. The molecule has 0 radical (unpaired) electrons. The van der Waals surface area contributed by atoms with Gasteiger partial charge in [-0.05, 0) is 31.7 Å². The molecule has 32 heavy (non-hydrogen) atoms. The van der Waals surface area contributed by atoms with E-state index in [2.05, 4.69) is 50.9 Å². The highest BCUT2D eigenvalue weighted by molar-refractivity contribution is 14.0. The number of ether oxygens (including phenoxy) is 2. The highest BCUT2D eigenvalue weighted by Crippen LogP contribution is 2.20. The van der Waals surface area contributed by atoms with Gasteiger partial charge in [0.05, 0.1) is 18.2 Å². The third kappa shape index (κ3) is 9.91. The Morgan fingerprint density at radius 2 is 1.91 bits per heavy atom. The van der Waals surface area contributed by atoms with Crippen LogP contribution in [-0.4, -0.2) is 80.2 Å². The molecule has 0 saturated carbocycles. The fourth-order valence-electron chi connectivity index (χ4n) is 4.08. The molecule has 0 amide bonds. The number of guanidine groups is 1. The van der Waals surface area contributed by atoms with E-state index in [4.69, 9.17) is 9.47 Å². The summed E-state index contributed by atoms with van der Waals surface area (Å²) in [5.41, 5.74) is 0.647. The second kappa shape index (κ2) is 15.1. The summed E-state index contributed by atoms with van der Waals surface area (Å²) in [5.74, 6) is 0.761. The van der Waals surface area contributed by atoms with Gasteiger partial charge in [0.2, 0.25) is 0 Å². The lowest BCUT2D eigenvalue weighted by Crippen LogP contribution is -2.43. The number of likely N-dealkylation sites (tertiary alicyclic amines) is 1. The van der Waals surface area contributed by atoms with Gasteiger partial charge < -0.3 is 25.2 Å². The van der Waals surface area contributed by atoms with Crippen LogP contribution in [0.1, 0.15) is 44.6 Å². The molecule has 3 rings (SSSR count). The van der Waals surface area contributed by atoms with Gasteiger partial charge in [-0.2, -0.15) is 0 Å². The van der Waals surface area contributed by atoms with Crippen molar-refractivity contribution in [1.82, 2.24) is 15.5 Å². The van der Waals surface area contributed by atoms with Gasteiger partial charge in [-0.1, -0.05) is 30.3 Å². The number of aliphatic imine (C=N–C) groups is 1. The number of piperidine rings is 1. The molecule has 2 saturated heterocycles. The highest BCUT2D eigenvalue weighted by atomic mass is 127. The molecule has 1 aromatic carbocycles. The quantitative estimate of drug-likeness (QED) is 0.177. The fourth-order valence-corrected chi connectivity index (χ4v) is 4.08. The SMILES string of the molecule is CCNC(=NCC1(O)CCOCC1)NCCCOC1CCN(Cc2ccccc2)CC1.I. The average molecular weight is 561 g/mol. The molecular weight excluding hydrogens is 519 g/mol. The number of rotatable bonds is 10. The molecule has 2 aliphatic rings. The van der Waals surface area contributed by atoms with Crippen molar-refractivity contribution in [2.75, 3.05) is 52.5 Å². The molecule has 0 aromatic heterocycles. The zero-order chi connectivity index (χ0) is 21.8. The highest BCUT2D eigenvalue weighted by Gasteiger charge is 2.29. The summed E-state index contributed by atoms with van der Waals surface area (Å²) in [6, 6.07) is 10.7. The minimum absolute atomic E-state index is 0. The molecule has 1 aromatic rings. The Morgan fingerprint density at radius 3 is 2.59 bits per heavy atom. The number of aliphatic hydroxyl groups is 1. The lowest BCUT2D eigenvalue weighted by atomic mass is 9.95. The van der Waals surface area contributed by atoms with E-state index in [-0.39, 0.29) is 24.0 Å². The minimum Gasteiger partial charge on any atom is -0.388 e. The lowest BCUT2D eigenvalue weighted by Gasteiger charge is -2.32. The molecule has 0 spiro atoms. The first-order chi connectivity index (χ1) is 15.2. The Morgan fingerprint density at radius 1 is 1.19 bits per heavy atom. The molecule has 0 bridgehead atoms. The zero-order valence-corrected chi connectivity index (χ0v) is 21.8. The average Bonchev–Trinajstić information content (AvgIpc) is 2.79. The van der Waals surface area contributed by atoms with E-state index in [0.717, 1.165) is 64.6 Å². The summed E-state index contributed by atoms with van der Waals surface area (Å²) in [7, 11) is 0. The van der Waals surface area contributed by atoms with Crippen LogP contribution in [-0.2, 0) is 16.0 Å². The second-order valence-electron chi connectivity index (χ2n) is 8.64. The van der Waals surface area contributed by atoms with Gasteiger partial charge in [-0.3, -0.25) is 9.89 Å². The van der Waals surface area contributed by atoms with Gasteiger partial charge in [0.25, 0.3) is 0 Å². The molecule has 2 fully saturated rings. The molecule has 2 aliphatic heterocycles. The summed E-state index contributed by atoms with van der Waals surface area (Å²) >= 11 is 0. The molecule has 0 atom stereocenters. The fraction of sp³-hybridized carbons (Fsp3) is 0.708. The predicted octanol–water partition coefficient (Wildman–Crippen LogP) is 2.77. The van der Waals surface area contributed by atoms with Crippen molar-refractivity contribution in [1.29, 1.82) is 0 Å². The smallest absolute Gasteiger partial charge is 0.191 e. The third-order valence-corrected chi connectivity index (χ3v) is 6.05. The zero-order valence-electron chi connectivity index (χ0n) is 19.4. The van der Waals surface area contributed by atoms with Crippen LogP contribution in [0.2, 0.25) is 0 Å². The maximum atomic E-state index is 10.6. The van der Waals surface area contributed by atoms with Crippen molar-refractivity contribution in [2.24, 2.45) is 4.99 Å². The van der Waals surface area contributed by atoms with Crippen molar-refractivity contribution in [3.05, 3.63) is 35.9 Å². The van der Waals surface area contributed by atoms with Crippen LogP contribution >= 0.6 is 24.0 Å². The van der Waals surface area contributed by atoms with E-state index < -0.39 is 5.60 Å². The standard InChI is InChI=1S/C24H40N4O3.HI/c1-2-25-23(27-20-24(29)11-17-30-18-12-24)26-13-6-16-31-22-9-14-28(15-10-22)19-21-7-4-3-5-8-21;/h3-5,7-8,22,29H,2,6,9-20H2,1H3,(H2,25,26,27);1H. The summed E-state index contributed by atoms with van der Waals surface area (Å²) in [5, 5.41) is 17.2. The third-order valence-electron chi connectivity index (χ3n) is 6.05. The van der Waals surface area contributed by atoms with Crippen molar-refractivity contribution in [2.45, 2.75) is 57.3 Å². The van der Waals surface area contributed by atoms with Crippen LogP contribution < -0.4 is 10.6 Å². The van der Waals surface area contributed by atoms with Gasteiger partial charge in [-0.15, -0.1) is 24.0 Å². The number of hydrogen-bond acceptors (Lipinski definition) is 5. The number of benzene rings is 1. The van der Waals surface area contributed by atoms with E-state index in [1.807, 2.05) is 6.92 Å². The summed E-state index contributed by atoms with van der Waals surface area (Å²) in [6.45, 7) is 9.27. The molecule has 7 nitrogen and oxygen atoms in total. The first-order valence-corrected chi connectivity index (χ1v) is 11.9. The number of nitrogens with zero attached hydrogens (tertiary/aromatic N) is 2. The number of hydrogen-bond donors (Lipinski definition) is 3. The molecule has 2 heterocycles. The van der Waals surface area contributed by atoms with Crippen molar-refractivity contribution < 1.29 is 14.6 Å². The molecule has 0 aliphatic carbocycles. The Labute approximate surface area is 210 Å². The molecule has 182 valence electrons. The van der Waals surface area contributed by atoms with E-state index in [0.29, 0.717) is 38.7 Å². The maximum absolute atomic E-state index is 10.6. The van der Waals surface area contributed by atoms with Crippen molar-refractivity contribution in [3.8, 4) is 0 Å². The Balaban J connectivity index is 0.00000363. The Hall–Kier alpha value is -0.940. The van der Waals surface area contributed by atoms with Gasteiger partial charge in [-0.25, -0.2) is 0 Å². The van der Waals surface area contributed by atoms with Gasteiger partial charge in [0, 0.05) is 65.4 Å². The van der Waals surface area contributed by atoms with Crippen LogP contribution in [0.15, 0.2) is 35.3 Å². The van der Waals surface area contributed by atoms with Crippen LogP contribution in [0.25, 0.3) is 0 Å². The number of nitrogens with one attached hydrogen (secondary N) is 2. The second-order valence-corrected chi connectivity index (χ2v) is 8.64. The van der Waals surface area contributed by atoms with Crippen molar-refractivity contribution in [3.63, 3.8) is 0 Å². The molecule has 3 N–H and O–H groups in total. The summed E-state index contributed by atoms with van der Waals surface area (Å²) in [6.07, 6.45) is 4.81. The molecular formula is C24H41IN4O3. The van der Waals surface area contributed by atoms with Crippen LogP contribution in [0, 0.1) is 0 Å². The van der Waals surface area contributed by atoms with E-state index in [1.54, 1.807) is 0 Å². The Kier molecular flexibility index (Phi) is 12.8. The van der Waals surface area contributed by atoms with Crippen molar-refractivity contribution >= 4 is 29.9 Å². The Bertz CT molecular complexity index is 648. The molecule has 8 heteroatoms. The van der Waals surface area contributed by atoms with Gasteiger partial charge in [0.15, 0.2) is 5.96 Å². The largest absolute Gasteiger partial charge is 0.388 e. The van der Waals surface area contributed by atoms with Crippen LogP contribution in [0.4, 0.5) is 0 Å². The van der Waals surface area contributed by atoms with Crippen LogP contribution in [0.3, 0.4) is 0 Å². The van der Waals surface area contributed by atoms with E-state index in [9.17, 15) is 5.11 Å². The van der Waals surface area contributed by atoms with Crippen LogP contribution in [0.5, 0.6) is 0 Å². The van der Waals surface area contributed by atoms with E-state index >= 15 is 0 Å². The van der Waals surface area contributed by atoms with Gasteiger partial charge >= 0.3 is 0 Å². The normalized spacial score (nSPS) is 19.9. The minimum atomic E-state index is -0.737. The predicted molar refractivity (Wildman–Crippen MR) is 140 cm³/mol. The van der Waals surface area contributed by atoms with E-state index in [1.165, 1.54) is 5.56 Å². The molecule has 0 unspecified atom stereocenters. The summed E-state index contributed by atoms with van der Waals surface area (Å²) < 4.78 is 11.5. The monoisotopic (exact) mass is 560 g/mol.